The maximum absolute atomic E-state index is 10.6. The molecule has 4 N–H and O–H groups in total. The van der Waals surface area contributed by atoms with E-state index >= 15 is 0 Å². The predicted molar refractivity (Wildman–Crippen MR) is 43.9 cm³/mol. The van der Waals surface area contributed by atoms with Crippen molar-refractivity contribution < 1.29 is 25.2 Å². The molecular weight excluding hydrogens is 194 g/mol. The van der Waals surface area contributed by atoms with E-state index in [0.717, 1.165) is 0 Å². The van der Waals surface area contributed by atoms with Crippen LogP contribution in [0.1, 0.15) is 6.42 Å². The van der Waals surface area contributed by atoms with Gasteiger partial charge < -0.3 is 20.4 Å². The molecule has 3 unspecified atom stereocenters. The van der Waals surface area contributed by atoms with Crippen LogP contribution in [-0.2, 0) is 4.79 Å². The first kappa shape index (κ1) is 12.8. The van der Waals surface area contributed by atoms with E-state index in [1.165, 1.54) is 0 Å². The second kappa shape index (κ2) is 6.30. The summed E-state index contributed by atoms with van der Waals surface area (Å²) in [4.78, 5) is 12.8. The lowest BCUT2D eigenvalue weighted by atomic mass is 10.1. The largest absolute Gasteiger partial charge is 0.394 e. The van der Waals surface area contributed by atoms with E-state index in [1.807, 2.05) is 0 Å². The maximum Gasteiger partial charge on any atom is 0.221 e. The van der Waals surface area contributed by atoms with E-state index in [0.29, 0.717) is 0 Å². The van der Waals surface area contributed by atoms with Crippen molar-refractivity contribution in [3.05, 3.63) is 10.4 Å². The Kier molecular flexibility index (Phi) is 5.77. The Balaban J connectivity index is 4.13. The molecule has 0 spiro atoms. The Bertz CT molecular complexity index is 240. The molecule has 8 nitrogen and oxygen atoms in total. The highest BCUT2D eigenvalue weighted by atomic mass is 16.4. The molecule has 3 atom stereocenters. The van der Waals surface area contributed by atoms with Crippen molar-refractivity contribution in [1.82, 2.24) is 0 Å². The molecule has 14 heavy (non-hydrogen) atoms. The third-order valence-corrected chi connectivity index (χ3v) is 1.52. The summed E-state index contributed by atoms with van der Waals surface area (Å²) in [6.07, 6.45) is -5.38. The average Bonchev–Trinajstić information content (AvgIpc) is 2.15. The molecule has 0 aliphatic heterocycles. The lowest BCUT2D eigenvalue weighted by Crippen LogP contribution is -2.40. The number of carbonyl (C=O) groups is 1. The third kappa shape index (κ3) is 4.17. The van der Waals surface area contributed by atoms with Crippen molar-refractivity contribution in [3.8, 4) is 0 Å². The van der Waals surface area contributed by atoms with E-state index in [2.05, 4.69) is 10.0 Å². The molecule has 0 aromatic heterocycles. The SMILES string of the molecule is [N-]=[N+]=NC(=O)CC(O)C(O)C(O)CO. The Labute approximate surface area is 79.0 Å². The van der Waals surface area contributed by atoms with Gasteiger partial charge in [-0.3, -0.25) is 4.79 Å². The predicted octanol–water partition coefficient (Wildman–Crippen LogP) is -1.71. The molecule has 0 saturated heterocycles. The second-order valence-corrected chi connectivity index (χ2v) is 2.60. The Morgan fingerprint density at radius 2 is 1.93 bits per heavy atom. The quantitative estimate of drug-likeness (QED) is 0.239. The van der Waals surface area contributed by atoms with Gasteiger partial charge in [0.05, 0.1) is 12.7 Å². The van der Waals surface area contributed by atoms with Gasteiger partial charge in [0, 0.05) is 11.3 Å². The maximum atomic E-state index is 10.6. The molecule has 0 rings (SSSR count). The molecular formula is C6H11N3O5. The van der Waals surface area contributed by atoms with Crippen LogP contribution in [0.4, 0.5) is 0 Å². The first-order chi connectivity index (χ1) is 6.52. The number of hydrogen-bond acceptors (Lipinski definition) is 5. The molecule has 0 radical (unpaired) electrons. The molecule has 0 saturated carbocycles. The van der Waals surface area contributed by atoms with Gasteiger partial charge in [-0.05, 0) is 10.6 Å². The van der Waals surface area contributed by atoms with Crippen LogP contribution in [0.5, 0.6) is 0 Å². The molecule has 80 valence electrons. The average molecular weight is 205 g/mol. The molecule has 0 aromatic carbocycles. The van der Waals surface area contributed by atoms with Crippen LogP contribution < -0.4 is 0 Å². The summed E-state index contributed by atoms with van der Waals surface area (Å²) in [5.74, 6) is -0.954. The van der Waals surface area contributed by atoms with Crippen molar-refractivity contribution in [2.75, 3.05) is 6.61 Å². The van der Waals surface area contributed by atoms with Gasteiger partial charge in [-0.15, -0.1) is 0 Å². The van der Waals surface area contributed by atoms with Gasteiger partial charge in [-0.25, -0.2) is 0 Å². The van der Waals surface area contributed by atoms with Crippen LogP contribution in [0.15, 0.2) is 5.11 Å². The summed E-state index contributed by atoms with van der Waals surface area (Å²) >= 11 is 0. The number of aliphatic hydroxyl groups excluding tert-OH is 4. The minimum Gasteiger partial charge on any atom is -0.394 e. The summed E-state index contributed by atoms with van der Waals surface area (Å²) in [5, 5.41) is 38.1. The first-order valence-electron chi connectivity index (χ1n) is 3.76. The fourth-order valence-corrected chi connectivity index (χ4v) is 0.755. The van der Waals surface area contributed by atoms with Crippen LogP contribution >= 0.6 is 0 Å². The zero-order valence-electron chi connectivity index (χ0n) is 7.19. The fourth-order valence-electron chi connectivity index (χ4n) is 0.755. The standard InChI is InChI=1S/C6H11N3O5/c7-9-8-5(13)1-3(11)6(14)4(12)2-10/h3-4,6,10-12,14H,1-2H2. The van der Waals surface area contributed by atoms with Crippen LogP contribution in [0.25, 0.3) is 10.4 Å². The topological polar surface area (TPSA) is 147 Å². The Morgan fingerprint density at radius 1 is 1.36 bits per heavy atom. The third-order valence-electron chi connectivity index (χ3n) is 1.52. The molecule has 0 bridgehead atoms. The van der Waals surface area contributed by atoms with Crippen LogP contribution in [0.2, 0.25) is 0 Å². The molecule has 8 heteroatoms. The smallest absolute Gasteiger partial charge is 0.221 e. The summed E-state index contributed by atoms with van der Waals surface area (Å²) in [6.45, 7) is -0.742. The van der Waals surface area contributed by atoms with Gasteiger partial charge in [-0.2, -0.15) is 0 Å². The first-order valence-corrected chi connectivity index (χ1v) is 3.76. The summed E-state index contributed by atoms with van der Waals surface area (Å²) in [6, 6.07) is 0. The van der Waals surface area contributed by atoms with E-state index < -0.39 is 37.2 Å². The number of nitrogens with zero attached hydrogens (tertiary/aromatic N) is 3. The zero-order valence-corrected chi connectivity index (χ0v) is 7.19. The Morgan fingerprint density at radius 3 is 2.36 bits per heavy atom. The Hall–Kier alpha value is -1.18. The molecule has 0 heterocycles. The zero-order chi connectivity index (χ0) is 11.1. The van der Waals surface area contributed by atoms with Crippen molar-refractivity contribution >= 4 is 5.91 Å². The van der Waals surface area contributed by atoms with E-state index in [1.54, 1.807) is 0 Å². The number of aliphatic hydroxyl groups is 4. The molecule has 0 aromatic rings. The molecule has 0 aliphatic carbocycles. The minimum absolute atomic E-state index is 0.609. The van der Waals surface area contributed by atoms with Crippen molar-refractivity contribution in [1.29, 1.82) is 0 Å². The normalized spacial score (nSPS) is 16.6. The summed E-state index contributed by atoms with van der Waals surface area (Å²) in [5.41, 5.74) is 7.85. The number of azide groups is 1. The molecule has 0 aliphatic rings. The van der Waals surface area contributed by atoms with Crippen LogP contribution in [0, 0.1) is 0 Å². The lowest BCUT2D eigenvalue weighted by Gasteiger charge is -2.20. The highest BCUT2D eigenvalue weighted by Crippen LogP contribution is 2.05. The van der Waals surface area contributed by atoms with Gasteiger partial charge in [0.1, 0.15) is 12.2 Å². The van der Waals surface area contributed by atoms with Crippen LogP contribution in [-0.4, -0.2) is 51.3 Å². The molecule has 0 fully saturated rings. The van der Waals surface area contributed by atoms with Gasteiger partial charge >= 0.3 is 0 Å². The number of rotatable bonds is 5. The highest BCUT2D eigenvalue weighted by Gasteiger charge is 2.25. The summed E-state index contributed by atoms with van der Waals surface area (Å²) < 4.78 is 0. The van der Waals surface area contributed by atoms with Gasteiger partial charge in [0.15, 0.2) is 0 Å². The van der Waals surface area contributed by atoms with Crippen molar-refractivity contribution in [2.45, 2.75) is 24.7 Å². The number of carbonyl (C=O) groups excluding carboxylic acids is 1. The summed E-state index contributed by atoms with van der Waals surface area (Å²) in [7, 11) is 0. The van der Waals surface area contributed by atoms with Crippen LogP contribution in [0.3, 0.4) is 0 Å². The van der Waals surface area contributed by atoms with Gasteiger partial charge in [0.25, 0.3) is 0 Å². The van der Waals surface area contributed by atoms with Gasteiger partial charge in [0.2, 0.25) is 5.91 Å². The van der Waals surface area contributed by atoms with E-state index in [4.69, 9.17) is 26.0 Å². The monoisotopic (exact) mass is 205 g/mol. The number of hydrogen-bond donors (Lipinski definition) is 4. The lowest BCUT2D eigenvalue weighted by molar-refractivity contribution is -0.125. The van der Waals surface area contributed by atoms with E-state index in [9.17, 15) is 4.79 Å². The van der Waals surface area contributed by atoms with E-state index in [-0.39, 0.29) is 0 Å². The molecule has 1 amide bonds. The van der Waals surface area contributed by atoms with Crippen molar-refractivity contribution in [3.63, 3.8) is 0 Å². The highest BCUT2D eigenvalue weighted by molar-refractivity contribution is 5.77. The number of amides is 1. The minimum atomic E-state index is -1.65. The second-order valence-electron chi connectivity index (χ2n) is 2.60. The fraction of sp³-hybridized carbons (Fsp3) is 0.833. The van der Waals surface area contributed by atoms with Gasteiger partial charge in [-0.1, -0.05) is 0 Å². The van der Waals surface area contributed by atoms with Crippen molar-refractivity contribution in [2.24, 2.45) is 5.11 Å².